The number of esters is 1. The van der Waals surface area contributed by atoms with Crippen molar-refractivity contribution in [1.82, 2.24) is 0 Å². The fourth-order valence-electron chi connectivity index (χ4n) is 9.19. The van der Waals surface area contributed by atoms with Crippen LogP contribution in [0.5, 0.6) is 0 Å². The SMILES string of the molecule is CCCCCCCC/C=C\CCCCCCCC(=O)C(CCCCC/C=C\CCCCCCCC)C(C(=O)CCCCCCC/C=C\CCCCCCCC)C(=O)OC(CC)[N+](C)(C)C. The van der Waals surface area contributed by atoms with E-state index in [2.05, 4.69) is 57.2 Å². The predicted octanol–water partition coefficient (Wildman–Crippen LogP) is 18.7. The van der Waals surface area contributed by atoms with Crippen molar-refractivity contribution in [3.05, 3.63) is 36.5 Å². The van der Waals surface area contributed by atoms with Gasteiger partial charge in [0.05, 0.1) is 21.1 Å². The van der Waals surface area contributed by atoms with E-state index >= 15 is 0 Å². The number of hydrogen-bond acceptors (Lipinski definition) is 4. The van der Waals surface area contributed by atoms with E-state index < -0.39 is 17.8 Å². The van der Waals surface area contributed by atoms with Crippen LogP contribution in [0.1, 0.15) is 291 Å². The number of carbonyl (C=O) groups is 3. The van der Waals surface area contributed by atoms with Gasteiger partial charge in [-0.3, -0.25) is 18.9 Å². The van der Waals surface area contributed by atoms with E-state index in [-0.39, 0.29) is 17.8 Å². The second kappa shape index (κ2) is 47.1. The maximum atomic E-state index is 14.3. The number of rotatable bonds is 50. The van der Waals surface area contributed by atoms with Gasteiger partial charge in [0, 0.05) is 25.2 Å². The number of Topliss-reactive ketones (excluding diaryl/α,β-unsaturated/α-hetero) is 2. The monoisotopic (exact) mass is 911 g/mol. The molecule has 0 aromatic carbocycles. The van der Waals surface area contributed by atoms with Crippen LogP contribution >= 0.6 is 0 Å². The Bertz CT molecular complexity index is 1160. The maximum absolute atomic E-state index is 14.3. The lowest BCUT2D eigenvalue weighted by molar-refractivity contribution is -0.917. The van der Waals surface area contributed by atoms with Gasteiger partial charge in [0.25, 0.3) is 0 Å². The van der Waals surface area contributed by atoms with E-state index in [1.807, 2.05) is 28.1 Å². The topological polar surface area (TPSA) is 60.4 Å². The largest absolute Gasteiger partial charge is 0.412 e. The average molecular weight is 912 g/mol. The molecule has 0 fully saturated rings. The molecule has 0 amide bonds. The minimum Gasteiger partial charge on any atom is -0.412 e. The van der Waals surface area contributed by atoms with Gasteiger partial charge in [-0.15, -0.1) is 0 Å². The van der Waals surface area contributed by atoms with Crippen LogP contribution < -0.4 is 0 Å². The molecule has 3 unspecified atom stereocenters. The van der Waals surface area contributed by atoms with Crippen LogP contribution in [0.15, 0.2) is 36.5 Å². The molecule has 0 aliphatic heterocycles. The van der Waals surface area contributed by atoms with Gasteiger partial charge in [-0.2, -0.15) is 0 Å². The molecule has 0 bridgehead atoms. The summed E-state index contributed by atoms with van der Waals surface area (Å²) in [6, 6.07) is 0. The zero-order valence-corrected chi connectivity index (χ0v) is 44.8. The quantitative estimate of drug-likeness (QED) is 0.0152. The van der Waals surface area contributed by atoms with E-state index in [9.17, 15) is 14.4 Å². The molecular formula is C60H112NO4+. The second-order valence-electron chi connectivity index (χ2n) is 20.8. The first-order valence-electron chi connectivity index (χ1n) is 28.7. The highest BCUT2D eigenvalue weighted by Crippen LogP contribution is 2.29. The van der Waals surface area contributed by atoms with E-state index in [1.54, 1.807) is 0 Å². The minimum atomic E-state index is -1.000. The summed E-state index contributed by atoms with van der Waals surface area (Å²) in [6.07, 6.45) is 60.2. The Hall–Kier alpha value is -2.01. The zero-order chi connectivity index (χ0) is 47.9. The molecule has 0 rings (SSSR count). The van der Waals surface area contributed by atoms with Gasteiger partial charge >= 0.3 is 5.97 Å². The number of hydrogen-bond donors (Lipinski definition) is 0. The summed E-state index contributed by atoms with van der Waals surface area (Å²) in [5.41, 5.74) is 0. The lowest BCUT2D eigenvalue weighted by atomic mass is 9.79. The average Bonchev–Trinajstić information content (AvgIpc) is 3.28. The van der Waals surface area contributed by atoms with Crippen molar-refractivity contribution in [2.24, 2.45) is 11.8 Å². The molecule has 0 saturated heterocycles. The number of ether oxygens (including phenoxy) is 1. The van der Waals surface area contributed by atoms with Crippen molar-refractivity contribution in [3.8, 4) is 0 Å². The minimum absolute atomic E-state index is 0.0792. The van der Waals surface area contributed by atoms with Crippen molar-refractivity contribution < 1.29 is 23.6 Å². The molecule has 0 aliphatic carbocycles. The molecule has 0 aromatic rings. The van der Waals surface area contributed by atoms with Crippen LogP contribution in [0.25, 0.3) is 0 Å². The molecule has 0 aliphatic rings. The van der Waals surface area contributed by atoms with Gasteiger partial charge in [0.1, 0.15) is 17.5 Å². The van der Waals surface area contributed by atoms with Crippen molar-refractivity contribution in [2.45, 2.75) is 297 Å². The Labute approximate surface area is 406 Å². The lowest BCUT2D eigenvalue weighted by Gasteiger charge is -2.34. The third-order valence-electron chi connectivity index (χ3n) is 13.5. The molecule has 380 valence electrons. The fraction of sp³-hybridized carbons (Fsp3) is 0.850. The van der Waals surface area contributed by atoms with Gasteiger partial charge < -0.3 is 4.74 Å². The zero-order valence-electron chi connectivity index (χ0n) is 44.8. The summed E-state index contributed by atoms with van der Waals surface area (Å²) >= 11 is 0. The fourth-order valence-corrected chi connectivity index (χ4v) is 9.19. The molecular weight excluding hydrogens is 799 g/mol. The van der Waals surface area contributed by atoms with E-state index in [1.165, 1.54) is 148 Å². The van der Waals surface area contributed by atoms with E-state index in [4.69, 9.17) is 4.74 Å². The van der Waals surface area contributed by atoms with Crippen LogP contribution in [0.3, 0.4) is 0 Å². The second-order valence-corrected chi connectivity index (χ2v) is 20.8. The van der Waals surface area contributed by atoms with E-state index in [0.29, 0.717) is 30.2 Å². The highest BCUT2D eigenvalue weighted by atomic mass is 16.6. The Morgan fingerprint density at radius 2 is 0.677 bits per heavy atom. The Morgan fingerprint density at radius 1 is 0.385 bits per heavy atom. The normalized spacial score (nSPS) is 13.6. The number of allylic oxidation sites excluding steroid dienone is 6. The number of quaternary nitrogens is 1. The predicted molar refractivity (Wildman–Crippen MR) is 284 cm³/mol. The maximum Gasteiger partial charge on any atom is 0.321 e. The van der Waals surface area contributed by atoms with E-state index in [0.717, 1.165) is 89.9 Å². The summed E-state index contributed by atoms with van der Waals surface area (Å²) in [5, 5.41) is 0. The standard InChI is InChI=1S/C60H112NO4/c1-8-12-15-18-21-24-27-30-32-35-38-41-44-47-50-53-56(62)55(52-49-46-43-40-37-34-29-26-23-20-17-14-10-3)59(60(64)65-58(11-4)61(5,6)7)57(63)54-51-48-45-42-39-36-33-31-28-25-22-19-16-13-9-2/h30-34,37,55,58-59H,8-29,35-36,38-54H2,1-7H3/q+1/b32-30-,33-31-,37-34-. The Morgan fingerprint density at radius 3 is 1.00 bits per heavy atom. The Balaban J connectivity index is 5.39. The van der Waals surface area contributed by atoms with Crippen LogP contribution in [-0.4, -0.2) is 49.4 Å². The summed E-state index contributed by atoms with van der Waals surface area (Å²) in [5.74, 6) is -2.05. The van der Waals surface area contributed by atoms with Gasteiger partial charge in [0.2, 0.25) is 6.23 Å². The third kappa shape index (κ3) is 39.7. The van der Waals surface area contributed by atoms with Crippen LogP contribution in [0.4, 0.5) is 0 Å². The van der Waals surface area contributed by atoms with Gasteiger partial charge in [-0.05, 0) is 96.3 Å². The number of carbonyl (C=O) groups excluding carboxylic acids is 3. The molecule has 0 saturated carbocycles. The van der Waals surface area contributed by atoms with Crippen molar-refractivity contribution >= 4 is 17.5 Å². The molecule has 5 heteroatoms. The molecule has 5 nitrogen and oxygen atoms in total. The third-order valence-corrected chi connectivity index (χ3v) is 13.5. The number of nitrogens with zero attached hydrogens (tertiary/aromatic N) is 1. The van der Waals surface area contributed by atoms with Crippen molar-refractivity contribution in [3.63, 3.8) is 0 Å². The lowest BCUT2D eigenvalue weighted by Crippen LogP contribution is -2.49. The molecule has 0 N–H and O–H groups in total. The van der Waals surface area contributed by atoms with Crippen molar-refractivity contribution in [1.29, 1.82) is 0 Å². The molecule has 3 atom stereocenters. The van der Waals surface area contributed by atoms with Crippen LogP contribution in [0.2, 0.25) is 0 Å². The summed E-state index contributed by atoms with van der Waals surface area (Å²) in [4.78, 5) is 42.7. The summed E-state index contributed by atoms with van der Waals surface area (Å²) in [7, 11) is 6.09. The summed E-state index contributed by atoms with van der Waals surface area (Å²) < 4.78 is 6.67. The van der Waals surface area contributed by atoms with Crippen LogP contribution in [0, 0.1) is 11.8 Å². The first kappa shape index (κ1) is 63.0. The van der Waals surface area contributed by atoms with Gasteiger partial charge in [-0.25, -0.2) is 0 Å². The highest BCUT2D eigenvalue weighted by molar-refractivity contribution is 6.03. The van der Waals surface area contributed by atoms with Gasteiger partial charge in [0.15, 0.2) is 0 Å². The summed E-state index contributed by atoms with van der Waals surface area (Å²) in [6.45, 7) is 8.84. The highest BCUT2D eigenvalue weighted by Gasteiger charge is 2.41. The Kier molecular flexibility index (Phi) is 45.6. The number of ketones is 2. The molecule has 0 heterocycles. The molecule has 0 spiro atoms. The van der Waals surface area contributed by atoms with Crippen molar-refractivity contribution in [2.75, 3.05) is 21.1 Å². The smallest absolute Gasteiger partial charge is 0.321 e. The molecule has 0 radical (unpaired) electrons. The van der Waals surface area contributed by atoms with Crippen LogP contribution in [-0.2, 0) is 19.1 Å². The van der Waals surface area contributed by atoms with Gasteiger partial charge in [-0.1, -0.05) is 212 Å². The first-order valence-corrected chi connectivity index (χ1v) is 28.7. The molecule has 65 heavy (non-hydrogen) atoms. The first-order chi connectivity index (χ1) is 31.6. The number of unbranched alkanes of at least 4 members (excludes halogenated alkanes) is 31. The molecule has 0 aromatic heterocycles.